The molecule has 0 saturated heterocycles. The lowest BCUT2D eigenvalue weighted by Gasteiger charge is -2.09. The predicted octanol–water partition coefficient (Wildman–Crippen LogP) is 5.56. The normalized spacial score (nSPS) is 11.5. The van der Waals surface area contributed by atoms with Crippen LogP contribution in [0, 0.1) is 6.92 Å². The molecule has 6 nitrogen and oxygen atoms in total. The average molecular weight is 452 g/mol. The third kappa shape index (κ3) is 3.63. The van der Waals surface area contributed by atoms with Crippen LogP contribution in [0.5, 0.6) is 11.5 Å². The zero-order valence-electron chi connectivity index (χ0n) is 19.4. The van der Waals surface area contributed by atoms with Gasteiger partial charge in [-0.05, 0) is 42.8 Å². The SMILES string of the molecule is COc1cccc(/C=C/C(=O)c2c(C)nc3n(Cc4ccccc4)c4ccccc4n23)c1OC. The Kier molecular flexibility index (Phi) is 5.64. The number of carbonyl (C=O) groups is 1. The van der Waals surface area contributed by atoms with Crippen LogP contribution >= 0.6 is 0 Å². The number of allylic oxidation sites excluding steroid dienone is 1. The van der Waals surface area contributed by atoms with E-state index in [1.165, 1.54) is 5.56 Å². The largest absolute Gasteiger partial charge is 0.493 e. The summed E-state index contributed by atoms with van der Waals surface area (Å²) in [5, 5.41) is 0. The van der Waals surface area contributed by atoms with E-state index in [4.69, 9.17) is 14.5 Å². The summed E-state index contributed by atoms with van der Waals surface area (Å²) < 4.78 is 15.0. The number of rotatable bonds is 7. The molecule has 0 unspecified atom stereocenters. The fourth-order valence-corrected chi connectivity index (χ4v) is 4.41. The maximum atomic E-state index is 13.5. The Balaban J connectivity index is 1.61. The highest BCUT2D eigenvalue weighted by Crippen LogP contribution is 2.32. The minimum Gasteiger partial charge on any atom is -0.493 e. The number of nitrogens with zero attached hydrogens (tertiary/aromatic N) is 3. The first kappa shape index (κ1) is 21.5. The quantitative estimate of drug-likeness (QED) is 0.240. The lowest BCUT2D eigenvalue weighted by molar-refractivity contribution is 0.104. The Morgan fingerprint density at radius 1 is 0.912 bits per heavy atom. The second-order valence-electron chi connectivity index (χ2n) is 8.02. The van der Waals surface area contributed by atoms with E-state index in [0.29, 0.717) is 29.4 Å². The Hall–Kier alpha value is -4.32. The summed E-state index contributed by atoms with van der Waals surface area (Å²) >= 11 is 0. The van der Waals surface area contributed by atoms with E-state index < -0.39 is 0 Å². The number of ketones is 1. The van der Waals surface area contributed by atoms with Crippen molar-refractivity contribution in [2.45, 2.75) is 13.5 Å². The van der Waals surface area contributed by atoms with E-state index in [-0.39, 0.29) is 5.78 Å². The van der Waals surface area contributed by atoms with E-state index in [2.05, 4.69) is 22.8 Å². The topological polar surface area (TPSA) is 57.8 Å². The van der Waals surface area contributed by atoms with Crippen LogP contribution in [0.1, 0.15) is 27.3 Å². The zero-order chi connectivity index (χ0) is 23.7. The number of ether oxygens (including phenoxy) is 2. The van der Waals surface area contributed by atoms with Gasteiger partial charge in [0, 0.05) is 5.56 Å². The molecule has 0 aliphatic rings. The summed E-state index contributed by atoms with van der Waals surface area (Å²) in [5.41, 5.74) is 5.15. The zero-order valence-corrected chi connectivity index (χ0v) is 19.4. The first-order valence-corrected chi connectivity index (χ1v) is 11.1. The number of benzene rings is 3. The van der Waals surface area contributed by atoms with E-state index in [9.17, 15) is 4.79 Å². The number of para-hydroxylation sites is 3. The number of hydrogen-bond acceptors (Lipinski definition) is 4. The van der Waals surface area contributed by atoms with E-state index in [1.807, 2.05) is 65.9 Å². The highest BCUT2D eigenvalue weighted by Gasteiger charge is 2.21. The molecular formula is C28H25N3O3. The van der Waals surface area contributed by atoms with Crippen molar-refractivity contribution >= 4 is 28.7 Å². The Labute approximate surface area is 197 Å². The summed E-state index contributed by atoms with van der Waals surface area (Å²) in [7, 11) is 3.18. The molecule has 170 valence electrons. The molecule has 34 heavy (non-hydrogen) atoms. The second-order valence-corrected chi connectivity index (χ2v) is 8.02. The van der Waals surface area contributed by atoms with Gasteiger partial charge in [0.15, 0.2) is 11.5 Å². The van der Waals surface area contributed by atoms with Gasteiger partial charge in [0.1, 0.15) is 5.69 Å². The third-order valence-electron chi connectivity index (χ3n) is 5.95. The molecule has 0 N–H and O–H groups in total. The van der Waals surface area contributed by atoms with Gasteiger partial charge in [-0.2, -0.15) is 0 Å². The monoisotopic (exact) mass is 451 g/mol. The third-order valence-corrected chi connectivity index (χ3v) is 5.95. The van der Waals surface area contributed by atoms with Crippen LogP contribution in [-0.4, -0.2) is 34.0 Å². The number of aryl methyl sites for hydroxylation is 1. The highest BCUT2D eigenvalue weighted by atomic mass is 16.5. The minimum atomic E-state index is -0.127. The van der Waals surface area contributed by atoms with Gasteiger partial charge in [0.25, 0.3) is 0 Å². The van der Waals surface area contributed by atoms with Gasteiger partial charge in [-0.3, -0.25) is 9.20 Å². The standard InChI is InChI=1S/C28H25N3O3/c1-19-26(24(32)17-16-21-12-9-15-25(33-2)27(21)34-3)31-23-14-8-7-13-22(23)30(28(31)29-19)18-20-10-5-4-6-11-20/h4-17H,18H2,1-3H3/b17-16+. The maximum absolute atomic E-state index is 13.5. The fourth-order valence-electron chi connectivity index (χ4n) is 4.41. The van der Waals surface area contributed by atoms with Crippen molar-refractivity contribution in [2.75, 3.05) is 14.2 Å². The molecule has 0 fully saturated rings. The molecule has 3 aromatic carbocycles. The maximum Gasteiger partial charge on any atom is 0.216 e. The van der Waals surface area contributed by atoms with Crippen molar-refractivity contribution in [1.29, 1.82) is 0 Å². The van der Waals surface area contributed by atoms with Crippen LogP contribution < -0.4 is 9.47 Å². The predicted molar refractivity (Wildman–Crippen MR) is 134 cm³/mol. The van der Waals surface area contributed by atoms with Gasteiger partial charge in [-0.1, -0.05) is 54.6 Å². The molecule has 0 spiro atoms. The van der Waals surface area contributed by atoms with Crippen molar-refractivity contribution in [1.82, 2.24) is 14.0 Å². The summed E-state index contributed by atoms with van der Waals surface area (Å²) in [6, 6.07) is 23.9. The summed E-state index contributed by atoms with van der Waals surface area (Å²) in [6.45, 7) is 2.54. The van der Waals surface area contributed by atoms with Crippen LogP contribution in [0.2, 0.25) is 0 Å². The Bertz CT molecular complexity index is 1530. The number of imidazole rings is 2. The van der Waals surface area contributed by atoms with Crippen LogP contribution in [0.25, 0.3) is 22.9 Å². The summed E-state index contributed by atoms with van der Waals surface area (Å²) in [4.78, 5) is 18.3. The first-order valence-electron chi connectivity index (χ1n) is 11.1. The highest BCUT2D eigenvalue weighted by molar-refractivity contribution is 6.08. The van der Waals surface area contributed by atoms with Gasteiger partial charge in [0.2, 0.25) is 11.6 Å². The summed E-state index contributed by atoms with van der Waals surface area (Å²) in [5.74, 6) is 1.82. The molecule has 5 aromatic rings. The van der Waals surface area contributed by atoms with Crippen LogP contribution in [0.3, 0.4) is 0 Å². The lowest BCUT2D eigenvalue weighted by Crippen LogP contribution is -2.02. The number of hydrogen-bond donors (Lipinski definition) is 0. The number of aromatic nitrogens is 3. The molecule has 0 radical (unpaired) electrons. The van der Waals surface area contributed by atoms with Gasteiger partial charge in [0.05, 0.1) is 37.5 Å². The van der Waals surface area contributed by atoms with E-state index in [0.717, 1.165) is 22.4 Å². The van der Waals surface area contributed by atoms with Gasteiger partial charge < -0.3 is 14.0 Å². The van der Waals surface area contributed by atoms with Crippen LogP contribution in [0.4, 0.5) is 0 Å². The van der Waals surface area contributed by atoms with Crippen LogP contribution in [-0.2, 0) is 6.54 Å². The molecule has 0 aliphatic heterocycles. The van der Waals surface area contributed by atoms with E-state index >= 15 is 0 Å². The van der Waals surface area contributed by atoms with Crippen molar-refractivity contribution in [3.05, 3.63) is 101 Å². The van der Waals surface area contributed by atoms with E-state index in [1.54, 1.807) is 26.4 Å². The molecule has 2 aromatic heterocycles. The number of fused-ring (bicyclic) bond motifs is 3. The minimum absolute atomic E-state index is 0.127. The van der Waals surface area contributed by atoms with Crippen LogP contribution in [0.15, 0.2) is 78.9 Å². The molecule has 0 saturated carbocycles. The Morgan fingerprint density at radius 3 is 2.38 bits per heavy atom. The molecule has 0 aliphatic carbocycles. The molecule has 2 heterocycles. The summed E-state index contributed by atoms with van der Waals surface area (Å²) in [6.07, 6.45) is 3.32. The fraction of sp³-hybridized carbons (Fsp3) is 0.143. The lowest BCUT2D eigenvalue weighted by atomic mass is 10.1. The van der Waals surface area contributed by atoms with Crippen molar-refractivity contribution < 1.29 is 14.3 Å². The molecule has 6 heteroatoms. The molecular weight excluding hydrogens is 426 g/mol. The average Bonchev–Trinajstić information content (AvgIpc) is 3.36. The molecule has 0 amide bonds. The van der Waals surface area contributed by atoms with Crippen molar-refractivity contribution in [3.63, 3.8) is 0 Å². The van der Waals surface area contributed by atoms with Gasteiger partial charge >= 0.3 is 0 Å². The Morgan fingerprint density at radius 2 is 1.65 bits per heavy atom. The molecule has 0 atom stereocenters. The van der Waals surface area contributed by atoms with Gasteiger partial charge in [-0.25, -0.2) is 4.98 Å². The van der Waals surface area contributed by atoms with Gasteiger partial charge in [-0.15, -0.1) is 0 Å². The number of carbonyl (C=O) groups excluding carboxylic acids is 1. The smallest absolute Gasteiger partial charge is 0.216 e. The number of methoxy groups -OCH3 is 2. The molecule has 5 rings (SSSR count). The second kappa shape index (κ2) is 8.90. The van der Waals surface area contributed by atoms with Crippen molar-refractivity contribution in [2.24, 2.45) is 0 Å². The first-order chi connectivity index (χ1) is 16.6. The molecule has 0 bridgehead atoms. The van der Waals surface area contributed by atoms with Crippen molar-refractivity contribution in [3.8, 4) is 11.5 Å².